The zero-order valence-corrected chi connectivity index (χ0v) is 9.08. The van der Waals surface area contributed by atoms with Crippen molar-refractivity contribution in [3.05, 3.63) is 53.2 Å². The van der Waals surface area contributed by atoms with E-state index < -0.39 is 5.82 Å². The molecule has 0 fully saturated rings. The van der Waals surface area contributed by atoms with Gasteiger partial charge in [-0.2, -0.15) is 0 Å². The average molecular weight is 238 g/mol. The Kier molecular flexibility index (Phi) is 3.31. The van der Waals surface area contributed by atoms with Gasteiger partial charge in [-0.05, 0) is 23.8 Å². The molecule has 82 valence electrons. The molecule has 0 unspecified atom stereocenters. The molecule has 0 aliphatic rings. The summed E-state index contributed by atoms with van der Waals surface area (Å²) in [5.41, 5.74) is 1.01. The summed E-state index contributed by atoms with van der Waals surface area (Å²) in [5, 5.41) is 3.17. The van der Waals surface area contributed by atoms with E-state index in [0.717, 1.165) is 5.56 Å². The van der Waals surface area contributed by atoms with Gasteiger partial charge < -0.3 is 5.32 Å². The second-order valence-corrected chi connectivity index (χ2v) is 3.63. The molecule has 0 saturated heterocycles. The molecule has 0 aliphatic heterocycles. The van der Waals surface area contributed by atoms with E-state index in [1.54, 1.807) is 12.4 Å². The molecule has 0 amide bonds. The van der Waals surface area contributed by atoms with Crippen LogP contribution in [0.15, 0.2) is 36.8 Å². The van der Waals surface area contributed by atoms with Gasteiger partial charge in [-0.15, -0.1) is 0 Å². The minimum Gasteiger partial charge on any atom is -0.364 e. The summed E-state index contributed by atoms with van der Waals surface area (Å²) < 4.78 is 13.3. The van der Waals surface area contributed by atoms with Crippen LogP contribution in [0.5, 0.6) is 0 Å². The third-order valence-electron chi connectivity index (χ3n) is 2.02. The van der Waals surface area contributed by atoms with Gasteiger partial charge >= 0.3 is 0 Å². The van der Waals surface area contributed by atoms with Crippen molar-refractivity contribution in [3.8, 4) is 0 Å². The first-order chi connectivity index (χ1) is 7.75. The van der Waals surface area contributed by atoms with Gasteiger partial charge in [0.05, 0.1) is 5.02 Å². The van der Waals surface area contributed by atoms with Crippen molar-refractivity contribution in [2.45, 2.75) is 6.54 Å². The summed E-state index contributed by atoms with van der Waals surface area (Å²) in [4.78, 5) is 7.75. The lowest BCUT2D eigenvalue weighted by atomic mass is 10.3. The van der Waals surface area contributed by atoms with E-state index in [0.29, 0.717) is 6.54 Å². The van der Waals surface area contributed by atoms with E-state index in [4.69, 9.17) is 11.6 Å². The van der Waals surface area contributed by atoms with Crippen molar-refractivity contribution in [2.75, 3.05) is 5.32 Å². The highest BCUT2D eigenvalue weighted by Gasteiger charge is 2.03. The predicted octanol–water partition coefficient (Wildman–Crippen LogP) is 2.88. The molecule has 1 N–H and O–H groups in total. The number of nitrogens with one attached hydrogen (secondary N) is 1. The van der Waals surface area contributed by atoms with Crippen LogP contribution in [0.25, 0.3) is 0 Å². The maximum absolute atomic E-state index is 13.3. The number of pyridine rings is 2. The Morgan fingerprint density at radius 1 is 1.31 bits per heavy atom. The minimum atomic E-state index is -0.457. The Balaban J connectivity index is 2.05. The molecule has 0 aliphatic carbocycles. The monoisotopic (exact) mass is 237 g/mol. The van der Waals surface area contributed by atoms with Crippen molar-refractivity contribution in [1.82, 2.24) is 9.97 Å². The van der Waals surface area contributed by atoms with Crippen molar-refractivity contribution in [1.29, 1.82) is 0 Å². The molecule has 0 bridgehead atoms. The third kappa shape index (κ3) is 2.67. The van der Waals surface area contributed by atoms with Crippen molar-refractivity contribution >= 4 is 17.4 Å². The van der Waals surface area contributed by atoms with Crippen molar-refractivity contribution < 1.29 is 4.39 Å². The lowest BCUT2D eigenvalue weighted by Crippen LogP contribution is -2.03. The van der Waals surface area contributed by atoms with Crippen molar-refractivity contribution in [2.24, 2.45) is 0 Å². The molecule has 16 heavy (non-hydrogen) atoms. The van der Waals surface area contributed by atoms with Crippen LogP contribution in [0, 0.1) is 5.82 Å². The van der Waals surface area contributed by atoms with Crippen LogP contribution in [0.2, 0.25) is 5.02 Å². The quantitative estimate of drug-likeness (QED) is 0.892. The minimum absolute atomic E-state index is 0.196. The standard InChI is InChI=1S/C11H9ClFN3/c12-9-5-10(13)11(16-7-9)15-6-8-1-3-14-4-2-8/h1-5,7H,6H2,(H,15,16). The molecule has 2 aromatic heterocycles. The molecular formula is C11H9ClFN3. The van der Waals surface area contributed by atoms with Gasteiger partial charge in [0, 0.05) is 25.1 Å². The van der Waals surface area contributed by atoms with Crippen LogP contribution < -0.4 is 5.32 Å². The van der Waals surface area contributed by atoms with Gasteiger partial charge in [0.15, 0.2) is 11.6 Å². The van der Waals surface area contributed by atoms with E-state index in [1.807, 2.05) is 12.1 Å². The highest BCUT2D eigenvalue weighted by atomic mass is 35.5. The first kappa shape index (κ1) is 10.8. The summed E-state index contributed by atoms with van der Waals surface area (Å²) in [6.45, 7) is 0.494. The Bertz CT molecular complexity index is 476. The second kappa shape index (κ2) is 4.90. The number of hydrogen-bond acceptors (Lipinski definition) is 3. The molecule has 3 nitrogen and oxygen atoms in total. The maximum atomic E-state index is 13.3. The second-order valence-electron chi connectivity index (χ2n) is 3.19. The van der Waals surface area contributed by atoms with Crippen LogP contribution in [0.4, 0.5) is 10.2 Å². The molecule has 0 saturated carbocycles. The van der Waals surface area contributed by atoms with Crippen LogP contribution in [-0.4, -0.2) is 9.97 Å². The topological polar surface area (TPSA) is 37.8 Å². The van der Waals surface area contributed by atoms with E-state index in [2.05, 4.69) is 15.3 Å². The third-order valence-corrected chi connectivity index (χ3v) is 2.22. The summed E-state index contributed by atoms with van der Waals surface area (Å²) in [5.74, 6) is -0.261. The van der Waals surface area contributed by atoms with Gasteiger partial charge in [-0.3, -0.25) is 4.98 Å². The molecule has 0 atom stereocenters. The van der Waals surface area contributed by atoms with Gasteiger partial charge in [0.25, 0.3) is 0 Å². The first-order valence-electron chi connectivity index (χ1n) is 4.69. The Morgan fingerprint density at radius 2 is 2.06 bits per heavy atom. The molecule has 0 radical (unpaired) electrons. The highest BCUT2D eigenvalue weighted by Crippen LogP contribution is 2.16. The number of nitrogens with zero attached hydrogens (tertiary/aromatic N) is 2. The zero-order valence-electron chi connectivity index (χ0n) is 8.32. The lowest BCUT2D eigenvalue weighted by Gasteiger charge is -2.06. The van der Waals surface area contributed by atoms with E-state index in [9.17, 15) is 4.39 Å². The molecule has 2 heterocycles. The van der Waals surface area contributed by atoms with Crippen molar-refractivity contribution in [3.63, 3.8) is 0 Å². The van der Waals surface area contributed by atoms with E-state index in [-0.39, 0.29) is 10.8 Å². The molecule has 2 aromatic rings. The fourth-order valence-electron chi connectivity index (χ4n) is 1.23. The summed E-state index contributed by atoms with van der Waals surface area (Å²) >= 11 is 5.60. The van der Waals surface area contributed by atoms with E-state index in [1.165, 1.54) is 12.3 Å². The summed E-state index contributed by atoms with van der Waals surface area (Å²) in [6.07, 6.45) is 4.77. The molecule has 0 spiro atoms. The highest BCUT2D eigenvalue weighted by molar-refractivity contribution is 6.30. The SMILES string of the molecule is Fc1cc(Cl)cnc1NCc1ccncc1. The number of hydrogen-bond donors (Lipinski definition) is 1. The van der Waals surface area contributed by atoms with Crippen LogP contribution in [-0.2, 0) is 6.54 Å². The number of anilines is 1. The molecule has 0 aromatic carbocycles. The first-order valence-corrected chi connectivity index (χ1v) is 5.07. The Labute approximate surface area is 97.3 Å². The smallest absolute Gasteiger partial charge is 0.166 e. The molecular weight excluding hydrogens is 229 g/mol. The van der Waals surface area contributed by atoms with Gasteiger partial charge in [-0.25, -0.2) is 9.37 Å². The van der Waals surface area contributed by atoms with Crippen LogP contribution in [0.1, 0.15) is 5.56 Å². The Morgan fingerprint density at radius 3 is 2.75 bits per heavy atom. The van der Waals surface area contributed by atoms with Gasteiger partial charge in [-0.1, -0.05) is 11.6 Å². The average Bonchev–Trinajstić information content (AvgIpc) is 2.29. The maximum Gasteiger partial charge on any atom is 0.166 e. The summed E-state index contributed by atoms with van der Waals surface area (Å²) in [6, 6.07) is 4.92. The fraction of sp³-hybridized carbons (Fsp3) is 0.0909. The number of aromatic nitrogens is 2. The number of rotatable bonds is 3. The Hall–Kier alpha value is -1.68. The van der Waals surface area contributed by atoms with E-state index >= 15 is 0 Å². The zero-order chi connectivity index (χ0) is 11.4. The van der Waals surface area contributed by atoms with Gasteiger partial charge in [0.1, 0.15) is 0 Å². The molecule has 2 rings (SSSR count). The van der Waals surface area contributed by atoms with Gasteiger partial charge in [0.2, 0.25) is 0 Å². The fourth-order valence-corrected chi connectivity index (χ4v) is 1.38. The lowest BCUT2D eigenvalue weighted by molar-refractivity contribution is 0.624. The predicted molar refractivity (Wildman–Crippen MR) is 60.8 cm³/mol. The van der Waals surface area contributed by atoms with Crippen LogP contribution >= 0.6 is 11.6 Å². The normalized spacial score (nSPS) is 10.1. The largest absolute Gasteiger partial charge is 0.364 e. The number of halogens is 2. The summed E-state index contributed by atoms with van der Waals surface area (Å²) in [7, 11) is 0. The van der Waals surface area contributed by atoms with Crippen LogP contribution in [0.3, 0.4) is 0 Å². The molecule has 5 heteroatoms.